The second-order valence-corrected chi connectivity index (χ2v) is 5.48. The minimum atomic E-state index is 0.960. The van der Waals surface area contributed by atoms with Crippen LogP contribution in [-0.4, -0.2) is 45.7 Å². The summed E-state index contributed by atoms with van der Waals surface area (Å²) in [4.78, 5) is 4.59. The lowest BCUT2D eigenvalue weighted by molar-refractivity contribution is 0.401. The number of hydrogen-bond acceptors (Lipinski definition) is 3. The molecule has 1 N–H and O–H groups in total. The number of hydrogen-bond donors (Lipinski definition) is 1. The first-order valence-corrected chi connectivity index (χ1v) is 7.20. The highest BCUT2D eigenvalue weighted by molar-refractivity contribution is 5.53. The van der Waals surface area contributed by atoms with Crippen LogP contribution >= 0.6 is 0 Å². The smallest absolute Gasteiger partial charge is 0.0393 e. The van der Waals surface area contributed by atoms with E-state index in [2.05, 4.69) is 68.3 Å². The first-order chi connectivity index (χ1) is 9.04. The van der Waals surface area contributed by atoms with Crippen LogP contribution in [0.5, 0.6) is 0 Å². The molecule has 0 aliphatic heterocycles. The van der Waals surface area contributed by atoms with Gasteiger partial charge in [0.1, 0.15) is 0 Å². The first kappa shape index (κ1) is 16.0. The van der Waals surface area contributed by atoms with Crippen LogP contribution in [0, 0.1) is 6.92 Å². The van der Waals surface area contributed by atoms with E-state index in [1.54, 1.807) is 0 Å². The molecule has 0 aromatic heterocycles. The molecule has 0 heterocycles. The number of benzene rings is 1. The number of rotatable bonds is 8. The molecule has 3 heteroatoms. The lowest BCUT2D eigenvalue weighted by Gasteiger charge is -2.23. The molecule has 3 nitrogen and oxygen atoms in total. The van der Waals surface area contributed by atoms with E-state index in [0.29, 0.717) is 0 Å². The summed E-state index contributed by atoms with van der Waals surface area (Å²) in [5.41, 5.74) is 4.08. The van der Waals surface area contributed by atoms with Crippen molar-refractivity contribution in [2.45, 2.75) is 26.8 Å². The van der Waals surface area contributed by atoms with Gasteiger partial charge in [0.25, 0.3) is 0 Å². The maximum atomic E-state index is 3.37. The van der Waals surface area contributed by atoms with Crippen molar-refractivity contribution < 1.29 is 0 Å². The Balaban J connectivity index is 2.57. The Morgan fingerprint density at radius 2 is 1.84 bits per heavy atom. The van der Waals surface area contributed by atoms with Crippen molar-refractivity contribution in [3.05, 3.63) is 29.3 Å². The van der Waals surface area contributed by atoms with E-state index in [9.17, 15) is 0 Å². The summed E-state index contributed by atoms with van der Waals surface area (Å²) in [6, 6.07) is 6.77. The van der Waals surface area contributed by atoms with Crippen molar-refractivity contribution in [3.63, 3.8) is 0 Å². The maximum Gasteiger partial charge on any atom is 0.0393 e. The van der Waals surface area contributed by atoms with Gasteiger partial charge in [-0.15, -0.1) is 0 Å². The zero-order valence-corrected chi connectivity index (χ0v) is 13.2. The van der Waals surface area contributed by atoms with E-state index >= 15 is 0 Å². The quantitative estimate of drug-likeness (QED) is 0.777. The summed E-state index contributed by atoms with van der Waals surface area (Å²) >= 11 is 0. The molecule has 0 bridgehead atoms. The largest absolute Gasteiger partial charge is 0.374 e. The number of anilines is 1. The van der Waals surface area contributed by atoms with Crippen LogP contribution < -0.4 is 10.2 Å². The van der Waals surface area contributed by atoms with Gasteiger partial charge in [-0.1, -0.05) is 19.1 Å². The molecule has 0 spiro atoms. The molecular formula is C16H29N3. The Hall–Kier alpha value is -1.06. The summed E-state index contributed by atoms with van der Waals surface area (Å²) in [6.45, 7) is 8.56. The predicted molar refractivity (Wildman–Crippen MR) is 85.0 cm³/mol. The minimum Gasteiger partial charge on any atom is -0.374 e. The monoisotopic (exact) mass is 263 g/mol. The van der Waals surface area contributed by atoms with Gasteiger partial charge in [-0.2, -0.15) is 0 Å². The summed E-state index contributed by atoms with van der Waals surface area (Å²) in [7, 11) is 6.43. The zero-order valence-electron chi connectivity index (χ0n) is 13.2. The van der Waals surface area contributed by atoms with Crippen molar-refractivity contribution in [3.8, 4) is 0 Å². The molecular weight excluding hydrogens is 234 g/mol. The molecule has 0 aliphatic rings. The lowest BCUT2D eigenvalue weighted by atomic mass is 10.1. The molecule has 0 radical (unpaired) electrons. The van der Waals surface area contributed by atoms with E-state index in [0.717, 1.165) is 26.2 Å². The highest BCUT2D eigenvalue weighted by atomic mass is 15.1. The second-order valence-electron chi connectivity index (χ2n) is 5.48. The third-order valence-electron chi connectivity index (χ3n) is 3.35. The van der Waals surface area contributed by atoms with Crippen LogP contribution in [0.1, 0.15) is 24.5 Å². The lowest BCUT2D eigenvalue weighted by Crippen LogP contribution is -2.24. The van der Waals surface area contributed by atoms with Crippen molar-refractivity contribution in [2.75, 3.05) is 45.7 Å². The SMILES string of the molecule is CCNCc1ccc(N(C)CCCN(C)C)c(C)c1. The zero-order chi connectivity index (χ0) is 14.3. The molecule has 0 saturated heterocycles. The predicted octanol–water partition coefficient (Wildman–Crippen LogP) is 2.49. The van der Waals surface area contributed by atoms with E-state index in [1.807, 2.05) is 0 Å². The van der Waals surface area contributed by atoms with E-state index in [4.69, 9.17) is 0 Å². The van der Waals surface area contributed by atoms with E-state index in [-0.39, 0.29) is 0 Å². The fourth-order valence-electron chi connectivity index (χ4n) is 2.27. The minimum absolute atomic E-state index is 0.960. The van der Waals surface area contributed by atoms with Crippen LogP contribution in [0.25, 0.3) is 0 Å². The summed E-state index contributed by atoms with van der Waals surface area (Å²) < 4.78 is 0. The number of nitrogens with one attached hydrogen (secondary N) is 1. The summed E-state index contributed by atoms with van der Waals surface area (Å²) in [5.74, 6) is 0. The van der Waals surface area contributed by atoms with Crippen LogP contribution in [0.2, 0.25) is 0 Å². The van der Waals surface area contributed by atoms with E-state index < -0.39 is 0 Å². The molecule has 1 aromatic carbocycles. The standard InChI is InChI=1S/C16H29N3/c1-6-17-13-15-8-9-16(14(2)12-15)19(5)11-7-10-18(3)4/h8-9,12,17H,6-7,10-11,13H2,1-5H3. The van der Waals surface area contributed by atoms with Gasteiger partial charge in [-0.25, -0.2) is 0 Å². The molecule has 108 valence electrons. The highest BCUT2D eigenvalue weighted by Crippen LogP contribution is 2.20. The molecule has 0 amide bonds. The number of nitrogens with zero attached hydrogens (tertiary/aromatic N) is 2. The van der Waals surface area contributed by atoms with Crippen molar-refractivity contribution in [2.24, 2.45) is 0 Å². The van der Waals surface area contributed by atoms with E-state index in [1.165, 1.54) is 23.2 Å². The van der Waals surface area contributed by atoms with Crippen molar-refractivity contribution >= 4 is 5.69 Å². The Morgan fingerprint density at radius 3 is 2.42 bits per heavy atom. The molecule has 1 aromatic rings. The molecule has 0 aliphatic carbocycles. The fraction of sp³-hybridized carbons (Fsp3) is 0.625. The second kappa shape index (κ2) is 8.18. The third-order valence-corrected chi connectivity index (χ3v) is 3.35. The summed E-state index contributed by atoms with van der Waals surface area (Å²) in [6.07, 6.45) is 1.20. The average molecular weight is 263 g/mol. The topological polar surface area (TPSA) is 18.5 Å². The van der Waals surface area contributed by atoms with Crippen molar-refractivity contribution in [1.29, 1.82) is 0 Å². The first-order valence-electron chi connectivity index (χ1n) is 7.20. The normalized spacial score (nSPS) is 11.1. The van der Waals surface area contributed by atoms with Gasteiger partial charge in [0.15, 0.2) is 0 Å². The van der Waals surface area contributed by atoms with Crippen molar-refractivity contribution in [1.82, 2.24) is 10.2 Å². The Bertz CT molecular complexity index is 374. The Morgan fingerprint density at radius 1 is 1.11 bits per heavy atom. The van der Waals surface area contributed by atoms with Crippen LogP contribution in [0.15, 0.2) is 18.2 Å². The van der Waals surface area contributed by atoms with Gasteiger partial charge < -0.3 is 15.1 Å². The Labute approximate surface area is 118 Å². The van der Waals surface area contributed by atoms with Gasteiger partial charge in [0.05, 0.1) is 0 Å². The molecule has 0 atom stereocenters. The molecule has 19 heavy (non-hydrogen) atoms. The Kier molecular flexibility index (Phi) is 6.89. The molecule has 1 rings (SSSR count). The van der Waals surface area contributed by atoms with Gasteiger partial charge in [-0.3, -0.25) is 0 Å². The third kappa shape index (κ3) is 5.62. The van der Waals surface area contributed by atoms with Crippen LogP contribution in [0.4, 0.5) is 5.69 Å². The van der Waals surface area contributed by atoms with Crippen LogP contribution in [0.3, 0.4) is 0 Å². The highest BCUT2D eigenvalue weighted by Gasteiger charge is 2.05. The van der Waals surface area contributed by atoms with Gasteiger partial charge >= 0.3 is 0 Å². The molecule has 0 unspecified atom stereocenters. The van der Waals surface area contributed by atoms with Gasteiger partial charge in [0, 0.05) is 25.8 Å². The van der Waals surface area contributed by atoms with Gasteiger partial charge in [0.2, 0.25) is 0 Å². The molecule has 0 saturated carbocycles. The van der Waals surface area contributed by atoms with Crippen LogP contribution in [-0.2, 0) is 6.54 Å². The fourth-order valence-corrected chi connectivity index (χ4v) is 2.27. The average Bonchev–Trinajstić information content (AvgIpc) is 2.35. The number of aryl methyl sites for hydroxylation is 1. The maximum absolute atomic E-state index is 3.37. The molecule has 0 fully saturated rings. The summed E-state index contributed by atoms with van der Waals surface area (Å²) in [5, 5.41) is 3.37. The van der Waals surface area contributed by atoms with Gasteiger partial charge in [-0.05, 0) is 57.7 Å².